The van der Waals surface area contributed by atoms with Crippen molar-refractivity contribution < 1.29 is 14.6 Å². The van der Waals surface area contributed by atoms with Gasteiger partial charge in [-0.05, 0) is 23.5 Å². The van der Waals surface area contributed by atoms with Gasteiger partial charge >= 0.3 is 0 Å². The summed E-state index contributed by atoms with van der Waals surface area (Å²) >= 11 is 0. The second-order valence-corrected chi connectivity index (χ2v) is 5.99. The predicted octanol–water partition coefficient (Wildman–Crippen LogP) is 3.07. The molecule has 0 saturated carbocycles. The van der Waals surface area contributed by atoms with Crippen LogP contribution in [-0.2, 0) is 14.9 Å². The Morgan fingerprint density at radius 3 is 2.16 bits per heavy atom. The van der Waals surface area contributed by atoms with E-state index in [2.05, 4.69) is 32.9 Å². The molecule has 3 nitrogen and oxygen atoms in total. The van der Waals surface area contributed by atoms with E-state index in [0.717, 1.165) is 5.56 Å². The van der Waals surface area contributed by atoms with Gasteiger partial charge in [-0.2, -0.15) is 0 Å². The second kappa shape index (κ2) is 7.04. The predicted molar refractivity (Wildman–Crippen MR) is 77.4 cm³/mol. The Morgan fingerprint density at radius 1 is 1.11 bits per heavy atom. The highest BCUT2D eigenvalue weighted by molar-refractivity contribution is 5.28. The van der Waals surface area contributed by atoms with E-state index in [0.29, 0.717) is 13.2 Å². The average molecular weight is 266 g/mol. The minimum Gasteiger partial charge on any atom is -0.386 e. The van der Waals surface area contributed by atoms with Crippen molar-refractivity contribution in [2.45, 2.75) is 45.3 Å². The van der Waals surface area contributed by atoms with Crippen LogP contribution < -0.4 is 0 Å². The van der Waals surface area contributed by atoms with E-state index in [1.54, 1.807) is 7.11 Å². The first-order valence-corrected chi connectivity index (χ1v) is 6.73. The first kappa shape index (κ1) is 16.2. The Kier molecular flexibility index (Phi) is 5.98. The van der Waals surface area contributed by atoms with Crippen LogP contribution >= 0.6 is 0 Å². The molecule has 1 aromatic carbocycles. The van der Waals surface area contributed by atoms with Crippen molar-refractivity contribution in [3.8, 4) is 0 Å². The monoisotopic (exact) mass is 266 g/mol. The van der Waals surface area contributed by atoms with Gasteiger partial charge in [0, 0.05) is 7.11 Å². The fourth-order valence-corrected chi connectivity index (χ4v) is 1.84. The molecule has 0 aliphatic carbocycles. The lowest BCUT2D eigenvalue weighted by atomic mass is 9.86. The Morgan fingerprint density at radius 2 is 1.68 bits per heavy atom. The van der Waals surface area contributed by atoms with Crippen LogP contribution in [0.4, 0.5) is 0 Å². The van der Waals surface area contributed by atoms with E-state index in [1.807, 2.05) is 19.1 Å². The van der Waals surface area contributed by atoms with Gasteiger partial charge in [-0.15, -0.1) is 0 Å². The van der Waals surface area contributed by atoms with Gasteiger partial charge in [-0.1, -0.05) is 45.0 Å². The molecule has 3 heteroatoms. The van der Waals surface area contributed by atoms with Crippen molar-refractivity contribution in [3.05, 3.63) is 35.4 Å². The van der Waals surface area contributed by atoms with Gasteiger partial charge in [0.25, 0.3) is 0 Å². The van der Waals surface area contributed by atoms with E-state index in [9.17, 15) is 5.11 Å². The lowest BCUT2D eigenvalue weighted by Gasteiger charge is -2.20. The van der Waals surface area contributed by atoms with Crippen LogP contribution in [0.3, 0.4) is 0 Å². The van der Waals surface area contributed by atoms with Crippen molar-refractivity contribution in [1.82, 2.24) is 0 Å². The third kappa shape index (κ3) is 5.31. The number of hydrogen-bond donors (Lipinski definition) is 1. The van der Waals surface area contributed by atoms with Crippen LogP contribution in [0.15, 0.2) is 24.3 Å². The van der Waals surface area contributed by atoms with E-state index < -0.39 is 6.10 Å². The number of hydrogen-bond acceptors (Lipinski definition) is 3. The highest BCUT2D eigenvalue weighted by Crippen LogP contribution is 2.24. The molecule has 1 aromatic rings. The maximum absolute atomic E-state index is 10.1. The minimum absolute atomic E-state index is 0.00602. The second-order valence-electron chi connectivity index (χ2n) is 5.99. The highest BCUT2D eigenvalue weighted by atomic mass is 16.5. The topological polar surface area (TPSA) is 38.7 Å². The van der Waals surface area contributed by atoms with Gasteiger partial charge in [0.05, 0.1) is 19.3 Å². The molecule has 0 radical (unpaired) electrons. The molecule has 2 atom stereocenters. The quantitative estimate of drug-likeness (QED) is 0.860. The standard InChI is InChI=1S/C16H26O3/c1-12(10-18-5)19-11-15(17)13-6-8-14(9-7-13)16(2,3)4/h6-9,12,15,17H,10-11H2,1-5H3. The van der Waals surface area contributed by atoms with Crippen LogP contribution in [0.2, 0.25) is 0 Å². The molecule has 0 aromatic heterocycles. The average Bonchev–Trinajstić information content (AvgIpc) is 2.35. The maximum atomic E-state index is 10.1. The number of ether oxygens (including phenoxy) is 2. The van der Waals surface area contributed by atoms with E-state index in [-0.39, 0.29) is 11.5 Å². The normalized spacial score (nSPS) is 15.3. The molecule has 0 bridgehead atoms. The van der Waals surface area contributed by atoms with Gasteiger partial charge in [-0.25, -0.2) is 0 Å². The summed E-state index contributed by atoms with van der Waals surface area (Å²) in [5.74, 6) is 0. The van der Waals surface area contributed by atoms with Crippen molar-refractivity contribution in [3.63, 3.8) is 0 Å². The summed E-state index contributed by atoms with van der Waals surface area (Å²) in [6.07, 6.45) is -0.596. The molecule has 0 amide bonds. The lowest BCUT2D eigenvalue weighted by molar-refractivity contribution is -0.0325. The summed E-state index contributed by atoms with van der Waals surface area (Å²) in [5, 5.41) is 10.1. The van der Waals surface area contributed by atoms with E-state index in [4.69, 9.17) is 9.47 Å². The van der Waals surface area contributed by atoms with Crippen molar-refractivity contribution in [1.29, 1.82) is 0 Å². The Bertz CT molecular complexity index is 365. The fourth-order valence-electron chi connectivity index (χ4n) is 1.84. The van der Waals surface area contributed by atoms with E-state index in [1.165, 1.54) is 5.56 Å². The molecule has 19 heavy (non-hydrogen) atoms. The first-order valence-electron chi connectivity index (χ1n) is 6.73. The minimum atomic E-state index is -0.590. The summed E-state index contributed by atoms with van der Waals surface area (Å²) in [6.45, 7) is 9.28. The number of rotatable bonds is 6. The molecule has 108 valence electrons. The molecule has 0 spiro atoms. The fraction of sp³-hybridized carbons (Fsp3) is 0.625. The number of aliphatic hydroxyl groups excluding tert-OH is 1. The molecule has 2 unspecified atom stereocenters. The van der Waals surface area contributed by atoms with Crippen LogP contribution in [0.25, 0.3) is 0 Å². The third-order valence-electron chi connectivity index (χ3n) is 3.10. The van der Waals surface area contributed by atoms with Crippen molar-refractivity contribution in [2.24, 2.45) is 0 Å². The SMILES string of the molecule is COCC(C)OCC(O)c1ccc(C(C)(C)C)cc1. The summed E-state index contributed by atoms with van der Waals surface area (Å²) in [7, 11) is 1.64. The lowest BCUT2D eigenvalue weighted by Crippen LogP contribution is -2.19. The molecular weight excluding hydrogens is 240 g/mol. The highest BCUT2D eigenvalue weighted by Gasteiger charge is 2.15. The van der Waals surface area contributed by atoms with Gasteiger partial charge in [-0.3, -0.25) is 0 Å². The van der Waals surface area contributed by atoms with Crippen LogP contribution in [-0.4, -0.2) is 31.5 Å². The largest absolute Gasteiger partial charge is 0.386 e. The maximum Gasteiger partial charge on any atom is 0.102 e. The molecule has 0 aliphatic heterocycles. The van der Waals surface area contributed by atoms with Crippen LogP contribution in [0.1, 0.15) is 44.9 Å². The molecule has 0 fully saturated rings. The zero-order chi connectivity index (χ0) is 14.5. The molecule has 0 heterocycles. The Balaban J connectivity index is 2.56. The summed E-state index contributed by atoms with van der Waals surface area (Å²) in [5.41, 5.74) is 2.28. The van der Waals surface area contributed by atoms with Gasteiger partial charge in [0.1, 0.15) is 6.10 Å². The third-order valence-corrected chi connectivity index (χ3v) is 3.10. The van der Waals surface area contributed by atoms with Crippen LogP contribution in [0.5, 0.6) is 0 Å². The summed E-state index contributed by atoms with van der Waals surface area (Å²) in [6, 6.07) is 8.07. The number of methoxy groups -OCH3 is 1. The smallest absolute Gasteiger partial charge is 0.102 e. The summed E-state index contributed by atoms with van der Waals surface area (Å²) in [4.78, 5) is 0. The number of benzene rings is 1. The zero-order valence-corrected chi connectivity index (χ0v) is 12.6. The Hall–Kier alpha value is -0.900. The van der Waals surface area contributed by atoms with Gasteiger partial charge < -0.3 is 14.6 Å². The summed E-state index contributed by atoms with van der Waals surface area (Å²) < 4.78 is 10.5. The Labute approximate surface area is 116 Å². The van der Waals surface area contributed by atoms with Crippen LogP contribution in [0, 0.1) is 0 Å². The van der Waals surface area contributed by atoms with Crippen molar-refractivity contribution >= 4 is 0 Å². The molecule has 0 saturated heterocycles. The molecule has 1 rings (SSSR count). The van der Waals surface area contributed by atoms with E-state index >= 15 is 0 Å². The van der Waals surface area contributed by atoms with Gasteiger partial charge in [0.15, 0.2) is 0 Å². The molecular formula is C16H26O3. The first-order chi connectivity index (χ1) is 8.84. The molecule has 0 aliphatic rings. The van der Waals surface area contributed by atoms with Gasteiger partial charge in [0.2, 0.25) is 0 Å². The van der Waals surface area contributed by atoms with Crippen molar-refractivity contribution in [2.75, 3.05) is 20.3 Å². The molecule has 1 N–H and O–H groups in total. The number of aliphatic hydroxyl groups is 1. The zero-order valence-electron chi connectivity index (χ0n) is 12.6.